The quantitative estimate of drug-likeness (QED) is 0.817. The third kappa shape index (κ3) is 5.28. The van der Waals surface area contributed by atoms with Crippen LogP contribution in [-0.4, -0.2) is 56.7 Å². The summed E-state index contributed by atoms with van der Waals surface area (Å²) in [7, 11) is 0. The van der Waals surface area contributed by atoms with Crippen molar-refractivity contribution < 1.29 is 18.3 Å². The molecule has 2 N–H and O–H groups in total. The second-order valence-corrected chi connectivity index (χ2v) is 4.79. The Morgan fingerprint density at radius 3 is 2.71 bits per heavy atom. The summed E-state index contributed by atoms with van der Waals surface area (Å²) in [6.07, 6.45) is 0. The van der Waals surface area contributed by atoms with Gasteiger partial charge >= 0.3 is 0 Å². The van der Waals surface area contributed by atoms with Crippen molar-refractivity contribution >= 4 is 11.6 Å². The van der Waals surface area contributed by atoms with E-state index in [1.165, 1.54) is 6.07 Å². The highest BCUT2D eigenvalue weighted by atomic mass is 19.2. The summed E-state index contributed by atoms with van der Waals surface area (Å²) in [6.45, 7) is 4.57. The highest BCUT2D eigenvalue weighted by molar-refractivity contribution is 5.80. The van der Waals surface area contributed by atoms with E-state index in [2.05, 4.69) is 15.5 Å². The van der Waals surface area contributed by atoms with E-state index in [-0.39, 0.29) is 12.5 Å². The molecule has 116 valence electrons. The fourth-order valence-electron chi connectivity index (χ4n) is 2.03. The summed E-state index contributed by atoms with van der Waals surface area (Å²) in [5, 5.41) is 5.52. The van der Waals surface area contributed by atoms with E-state index < -0.39 is 11.6 Å². The molecule has 1 aliphatic rings. The van der Waals surface area contributed by atoms with Crippen LogP contribution >= 0.6 is 0 Å². The van der Waals surface area contributed by atoms with Crippen LogP contribution < -0.4 is 10.6 Å². The van der Waals surface area contributed by atoms with Gasteiger partial charge in [0.05, 0.1) is 19.8 Å². The number of ether oxygens (including phenoxy) is 1. The van der Waals surface area contributed by atoms with Gasteiger partial charge in [0.25, 0.3) is 0 Å². The Hall–Kier alpha value is -1.73. The lowest BCUT2D eigenvalue weighted by Gasteiger charge is -2.26. The highest BCUT2D eigenvalue weighted by Crippen LogP contribution is 2.12. The third-order valence-corrected chi connectivity index (χ3v) is 3.23. The van der Waals surface area contributed by atoms with Crippen molar-refractivity contribution in [3.63, 3.8) is 0 Å². The zero-order valence-electron chi connectivity index (χ0n) is 11.7. The number of hydrogen-bond donors (Lipinski definition) is 2. The lowest BCUT2D eigenvalue weighted by Crippen LogP contribution is -2.42. The third-order valence-electron chi connectivity index (χ3n) is 3.23. The zero-order chi connectivity index (χ0) is 15.1. The Bertz CT molecular complexity index is 479. The molecular formula is C14H19F2N3O2. The zero-order valence-corrected chi connectivity index (χ0v) is 11.7. The fourth-order valence-corrected chi connectivity index (χ4v) is 2.03. The number of carbonyl (C=O) groups is 1. The molecule has 1 aromatic carbocycles. The number of anilines is 1. The van der Waals surface area contributed by atoms with Gasteiger partial charge in [-0.15, -0.1) is 0 Å². The van der Waals surface area contributed by atoms with E-state index in [9.17, 15) is 13.6 Å². The van der Waals surface area contributed by atoms with E-state index in [1.54, 1.807) is 0 Å². The second kappa shape index (κ2) is 7.90. The van der Waals surface area contributed by atoms with Crippen LogP contribution in [0, 0.1) is 11.6 Å². The average molecular weight is 299 g/mol. The Morgan fingerprint density at radius 1 is 1.24 bits per heavy atom. The van der Waals surface area contributed by atoms with E-state index in [0.717, 1.165) is 45.0 Å². The first-order valence-corrected chi connectivity index (χ1v) is 6.91. The van der Waals surface area contributed by atoms with E-state index >= 15 is 0 Å². The van der Waals surface area contributed by atoms with Gasteiger partial charge in [0, 0.05) is 37.9 Å². The SMILES string of the molecule is O=C(CNc1ccc(F)c(F)c1)NCCN1CCOCC1. The lowest BCUT2D eigenvalue weighted by molar-refractivity contribution is -0.119. The molecule has 0 atom stereocenters. The van der Waals surface area contributed by atoms with Crippen LogP contribution in [0.4, 0.5) is 14.5 Å². The molecule has 0 aromatic heterocycles. The standard InChI is InChI=1S/C14H19F2N3O2/c15-12-2-1-11(9-13(12)16)18-10-14(20)17-3-4-19-5-7-21-8-6-19/h1-2,9,18H,3-8,10H2,(H,17,20). The van der Waals surface area contributed by atoms with Crippen LogP contribution in [0.3, 0.4) is 0 Å². The molecule has 0 saturated carbocycles. The number of benzene rings is 1. The summed E-state index contributed by atoms with van der Waals surface area (Å²) in [6, 6.07) is 3.43. The van der Waals surface area contributed by atoms with Crippen LogP contribution in [0.5, 0.6) is 0 Å². The van der Waals surface area contributed by atoms with Gasteiger partial charge in [0.2, 0.25) is 5.91 Å². The Kier molecular flexibility index (Phi) is 5.89. The Balaban J connectivity index is 1.63. The minimum absolute atomic E-state index is 0.0220. The molecule has 0 bridgehead atoms. The summed E-state index contributed by atoms with van der Waals surface area (Å²) in [5.41, 5.74) is 0.372. The molecule has 1 aromatic rings. The van der Waals surface area contributed by atoms with Crippen molar-refractivity contribution in [3.05, 3.63) is 29.8 Å². The van der Waals surface area contributed by atoms with Crippen molar-refractivity contribution in [3.8, 4) is 0 Å². The number of hydrogen-bond acceptors (Lipinski definition) is 4. The first-order chi connectivity index (χ1) is 10.1. The average Bonchev–Trinajstić information content (AvgIpc) is 2.49. The predicted molar refractivity (Wildman–Crippen MR) is 75.1 cm³/mol. The number of rotatable bonds is 6. The first-order valence-electron chi connectivity index (χ1n) is 6.91. The van der Waals surface area contributed by atoms with Gasteiger partial charge in [0.15, 0.2) is 11.6 Å². The normalized spacial score (nSPS) is 15.7. The van der Waals surface area contributed by atoms with Crippen LogP contribution in [0.15, 0.2) is 18.2 Å². The Labute approximate surface area is 122 Å². The molecule has 0 radical (unpaired) electrons. The molecule has 7 heteroatoms. The number of morpholine rings is 1. The van der Waals surface area contributed by atoms with Crippen molar-refractivity contribution in [2.45, 2.75) is 0 Å². The van der Waals surface area contributed by atoms with E-state index in [0.29, 0.717) is 12.2 Å². The molecule has 1 fully saturated rings. The van der Waals surface area contributed by atoms with Crippen LogP contribution in [0.25, 0.3) is 0 Å². The molecule has 5 nitrogen and oxygen atoms in total. The monoisotopic (exact) mass is 299 g/mol. The van der Waals surface area contributed by atoms with E-state index in [4.69, 9.17) is 4.74 Å². The van der Waals surface area contributed by atoms with Gasteiger partial charge in [-0.3, -0.25) is 9.69 Å². The largest absolute Gasteiger partial charge is 0.379 e. The summed E-state index contributed by atoms with van der Waals surface area (Å²) in [5.74, 6) is -2.03. The molecule has 1 heterocycles. The van der Waals surface area contributed by atoms with Crippen LogP contribution in [0.1, 0.15) is 0 Å². The van der Waals surface area contributed by atoms with Crippen molar-refractivity contribution in [1.29, 1.82) is 0 Å². The van der Waals surface area contributed by atoms with Gasteiger partial charge in [0.1, 0.15) is 0 Å². The second-order valence-electron chi connectivity index (χ2n) is 4.79. The molecule has 0 unspecified atom stereocenters. The molecule has 2 rings (SSSR count). The maximum Gasteiger partial charge on any atom is 0.239 e. The maximum atomic E-state index is 13.0. The van der Waals surface area contributed by atoms with Crippen molar-refractivity contribution in [2.75, 3.05) is 51.3 Å². The number of amides is 1. The Morgan fingerprint density at radius 2 is 2.00 bits per heavy atom. The molecular weight excluding hydrogens is 280 g/mol. The van der Waals surface area contributed by atoms with E-state index in [1.807, 2.05) is 0 Å². The highest BCUT2D eigenvalue weighted by Gasteiger charge is 2.10. The van der Waals surface area contributed by atoms with Crippen LogP contribution in [-0.2, 0) is 9.53 Å². The van der Waals surface area contributed by atoms with Gasteiger partial charge in [-0.2, -0.15) is 0 Å². The summed E-state index contributed by atoms with van der Waals surface area (Å²) >= 11 is 0. The number of carbonyl (C=O) groups excluding carboxylic acids is 1. The summed E-state index contributed by atoms with van der Waals surface area (Å²) < 4.78 is 31.0. The molecule has 0 spiro atoms. The predicted octanol–water partition coefficient (Wildman–Crippen LogP) is 0.825. The number of halogens is 2. The van der Waals surface area contributed by atoms with Gasteiger partial charge in [-0.1, -0.05) is 0 Å². The molecule has 21 heavy (non-hydrogen) atoms. The molecule has 1 saturated heterocycles. The molecule has 1 amide bonds. The van der Waals surface area contributed by atoms with Gasteiger partial charge < -0.3 is 15.4 Å². The minimum atomic E-state index is -0.937. The molecule has 1 aliphatic heterocycles. The maximum absolute atomic E-state index is 13.0. The number of nitrogens with one attached hydrogen (secondary N) is 2. The smallest absolute Gasteiger partial charge is 0.239 e. The van der Waals surface area contributed by atoms with Crippen LogP contribution in [0.2, 0.25) is 0 Å². The van der Waals surface area contributed by atoms with Crippen molar-refractivity contribution in [2.24, 2.45) is 0 Å². The first kappa shape index (κ1) is 15.7. The summed E-state index contributed by atoms with van der Waals surface area (Å²) in [4.78, 5) is 13.8. The minimum Gasteiger partial charge on any atom is -0.379 e. The lowest BCUT2D eigenvalue weighted by atomic mass is 10.3. The number of nitrogens with zero attached hydrogens (tertiary/aromatic N) is 1. The van der Waals surface area contributed by atoms with Gasteiger partial charge in [-0.25, -0.2) is 8.78 Å². The topological polar surface area (TPSA) is 53.6 Å². The molecule has 0 aliphatic carbocycles. The fraction of sp³-hybridized carbons (Fsp3) is 0.500. The van der Waals surface area contributed by atoms with Gasteiger partial charge in [-0.05, 0) is 12.1 Å². The van der Waals surface area contributed by atoms with Crippen molar-refractivity contribution in [1.82, 2.24) is 10.2 Å².